The summed E-state index contributed by atoms with van der Waals surface area (Å²) in [6, 6.07) is 3.89. The van der Waals surface area contributed by atoms with Crippen molar-refractivity contribution in [2.24, 2.45) is 11.1 Å². The van der Waals surface area contributed by atoms with Gasteiger partial charge in [-0.25, -0.2) is 4.98 Å². The molecule has 1 heterocycles. The van der Waals surface area contributed by atoms with Gasteiger partial charge in [0.25, 0.3) is 0 Å². The molecule has 4 nitrogen and oxygen atoms in total. The van der Waals surface area contributed by atoms with Crippen molar-refractivity contribution in [3.63, 3.8) is 0 Å². The first-order valence-corrected chi connectivity index (χ1v) is 7.81. The highest BCUT2D eigenvalue weighted by Crippen LogP contribution is 2.36. The number of rotatable bonds is 7. The Morgan fingerprint density at radius 1 is 1.35 bits per heavy atom. The summed E-state index contributed by atoms with van der Waals surface area (Å²) in [5.74, 6) is 1.69. The van der Waals surface area contributed by atoms with Crippen LogP contribution in [-0.2, 0) is 0 Å². The first-order chi connectivity index (χ1) is 9.79. The molecule has 1 saturated carbocycles. The van der Waals surface area contributed by atoms with E-state index in [2.05, 4.69) is 17.2 Å². The first kappa shape index (κ1) is 15.1. The van der Waals surface area contributed by atoms with Crippen LogP contribution in [0.2, 0.25) is 0 Å². The second kappa shape index (κ2) is 7.48. The smallest absolute Gasteiger partial charge is 0.168 e. The predicted molar refractivity (Wildman–Crippen MR) is 83.1 cm³/mol. The summed E-state index contributed by atoms with van der Waals surface area (Å²) >= 11 is 0. The van der Waals surface area contributed by atoms with Gasteiger partial charge < -0.3 is 15.8 Å². The van der Waals surface area contributed by atoms with E-state index in [1.54, 1.807) is 6.20 Å². The van der Waals surface area contributed by atoms with Crippen molar-refractivity contribution >= 4 is 5.82 Å². The molecule has 112 valence electrons. The third-order valence-corrected chi connectivity index (χ3v) is 4.21. The van der Waals surface area contributed by atoms with E-state index in [4.69, 9.17) is 10.5 Å². The zero-order chi connectivity index (χ0) is 14.3. The SMILES string of the molecule is CCCOc1cccnc1NCC1(CN)CCCCC1. The molecule has 0 radical (unpaired) electrons. The summed E-state index contributed by atoms with van der Waals surface area (Å²) in [7, 11) is 0. The fourth-order valence-corrected chi connectivity index (χ4v) is 2.88. The summed E-state index contributed by atoms with van der Waals surface area (Å²) in [6.45, 7) is 4.47. The van der Waals surface area contributed by atoms with Crippen molar-refractivity contribution in [1.82, 2.24) is 4.98 Å². The van der Waals surface area contributed by atoms with Crippen LogP contribution in [-0.4, -0.2) is 24.7 Å². The number of nitrogens with two attached hydrogens (primary N) is 1. The van der Waals surface area contributed by atoms with Gasteiger partial charge in [0.15, 0.2) is 11.6 Å². The highest BCUT2D eigenvalue weighted by Gasteiger charge is 2.30. The number of hydrogen-bond acceptors (Lipinski definition) is 4. The molecule has 3 N–H and O–H groups in total. The zero-order valence-electron chi connectivity index (χ0n) is 12.5. The largest absolute Gasteiger partial charge is 0.490 e. The highest BCUT2D eigenvalue weighted by atomic mass is 16.5. The Balaban J connectivity index is 1.98. The van der Waals surface area contributed by atoms with Gasteiger partial charge in [0.2, 0.25) is 0 Å². The van der Waals surface area contributed by atoms with Crippen LogP contribution in [0.1, 0.15) is 45.4 Å². The van der Waals surface area contributed by atoms with Crippen molar-refractivity contribution in [2.45, 2.75) is 45.4 Å². The number of pyridine rings is 1. The molecule has 0 atom stereocenters. The van der Waals surface area contributed by atoms with Gasteiger partial charge in [-0.05, 0) is 43.4 Å². The standard InChI is InChI=1S/C16H27N3O/c1-2-11-20-14-7-6-10-18-15(14)19-13-16(12-17)8-4-3-5-9-16/h6-7,10H,2-5,8-9,11-13,17H2,1H3,(H,18,19). The Morgan fingerprint density at radius 2 is 2.15 bits per heavy atom. The van der Waals surface area contributed by atoms with Crippen LogP contribution < -0.4 is 15.8 Å². The molecule has 0 saturated heterocycles. The number of nitrogens with one attached hydrogen (secondary N) is 1. The lowest BCUT2D eigenvalue weighted by Gasteiger charge is -2.36. The zero-order valence-corrected chi connectivity index (χ0v) is 12.5. The fourth-order valence-electron chi connectivity index (χ4n) is 2.88. The maximum absolute atomic E-state index is 6.03. The molecule has 1 aliphatic rings. The number of aromatic nitrogens is 1. The summed E-state index contributed by atoms with van der Waals surface area (Å²) in [4.78, 5) is 4.40. The lowest BCUT2D eigenvalue weighted by molar-refractivity contribution is 0.215. The monoisotopic (exact) mass is 277 g/mol. The van der Waals surface area contributed by atoms with Gasteiger partial charge in [-0.1, -0.05) is 26.2 Å². The van der Waals surface area contributed by atoms with Crippen molar-refractivity contribution in [3.8, 4) is 5.75 Å². The van der Waals surface area contributed by atoms with E-state index in [9.17, 15) is 0 Å². The molecule has 1 fully saturated rings. The van der Waals surface area contributed by atoms with Gasteiger partial charge in [-0.15, -0.1) is 0 Å². The average Bonchev–Trinajstić information content (AvgIpc) is 2.52. The molecule has 20 heavy (non-hydrogen) atoms. The molecule has 1 aromatic rings. The van der Waals surface area contributed by atoms with E-state index >= 15 is 0 Å². The molecule has 4 heteroatoms. The molecule has 0 unspecified atom stereocenters. The minimum Gasteiger partial charge on any atom is -0.490 e. The van der Waals surface area contributed by atoms with E-state index in [1.807, 2.05) is 12.1 Å². The minimum atomic E-state index is 0.234. The molecule has 0 bridgehead atoms. The Morgan fingerprint density at radius 3 is 2.85 bits per heavy atom. The molecule has 2 rings (SSSR count). The van der Waals surface area contributed by atoms with E-state index in [-0.39, 0.29) is 5.41 Å². The highest BCUT2D eigenvalue weighted by molar-refractivity contribution is 5.49. The molecule has 1 aliphatic carbocycles. The fraction of sp³-hybridized carbons (Fsp3) is 0.688. The quantitative estimate of drug-likeness (QED) is 0.803. The molecule has 1 aromatic heterocycles. The molecule has 0 amide bonds. The topological polar surface area (TPSA) is 60.2 Å². The minimum absolute atomic E-state index is 0.234. The van der Waals surface area contributed by atoms with E-state index in [1.165, 1.54) is 32.1 Å². The maximum Gasteiger partial charge on any atom is 0.168 e. The van der Waals surface area contributed by atoms with Gasteiger partial charge in [-0.3, -0.25) is 0 Å². The maximum atomic E-state index is 6.03. The van der Waals surface area contributed by atoms with Gasteiger partial charge in [0.05, 0.1) is 6.61 Å². The molecular formula is C16H27N3O. The summed E-state index contributed by atoms with van der Waals surface area (Å²) in [5, 5.41) is 3.47. The van der Waals surface area contributed by atoms with E-state index in [0.717, 1.165) is 37.7 Å². The first-order valence-electron chi connectivity index (χ1n) is 7.81. The third kappa shape index (κ3) is 3.85. The number of nitrogens with zero attached hydrogens (tertiary/aromatic N) is 1. The number of hydrogen-bond donors (Lipinski definition) is 2. The average molecular weight is 277 g/mol. The van der Waals surface area contributed by atoms with Crippen LogP contribution in [0.5, 0.6) is 5.75 Å². The third-order valence-electron chi connectivity index (χ3n) is 4.21. The van der Waals surface area contributed by atoms with Crippen LogP contribution >= 0.6 is 0 Å². The van der Waals surface area contributed by atoms with Crippen LogP contribution in [0.4, 0.5) is 5.82 Å². The Kier molecular flexibility index (Phi) is 5.65. The predicted octanol–water partition coefficient (Wildman–Crippen LogP) is 3.19. The van der Waals surface area contributed by atoms with E-state index in [0.29, 0.717) is 0 Å². The second-order valence-corrected chi connectivity index (χ2v) is 5.82. The molecule has 0 aliphatic heterocycles. The molecular weight excluding hydrogens is 250 g/mol. The summed E-state index contributed by atoms with van der Waals surface area (Å²) < 4.78 is 5.74. The van der Waals surface area contributed by atoms with Crippen molar-refractivity contribution in [3.05, 3.63) is 18.3 Å². The number of anilines is 1. The Bertz CT molecular complexity index is 402. The lowest BCUT2D eigenvalue weighted by atomic mass is 9.74. The van der Waals surface area contributed by atoms with Gasteiger partial charge in [-0.2, -0.15) is 0 Å². The van der Waals surface area contributed by atoms with Crippen molar-refractivity contribution in [2.75, 3.05) is 25.0 Å². The Labute approximate surface area is 122 Å². The second-order valence-electron chi connectivity index (χ2n) is 5.82. The molecule has 0 spiro atoms. The van der Waals surface area contributed by atoms with E-state index < -0.39 is 0 Å². The van der Waals surface area contributed by atoms with Crippen LogP contribution in [0.15, 0.2) is 18.3 Å². The van der Waals surface area contributed by atoms with Gasteiger partial charge >= 0.3 is 0 Å². The summed E-state index contributed by atoms with van der Waals surface area (Å²) in [5.41, 5.74) is 6.26. The normalized spacial score (nSPS) is 17.7. The van der Waals surface area contributed by atoms with Crippen molar-refractivity contribution < 1.29 is 4.74 Å². The van der Waals surface area contributed by atoms with Crippen LogP contribution in [0.3, 0.4) is 0 Å². The number of ether oxygens (including phenoxy) is 1. The molecule has 0 aromatic carbocycles. The van der Waals surface area contributed by atoms with Crippen LogP contribution in [0, 0.1) is 5.41 Å². The van der Waals surface area contributed by atoms with Crippen LogP contribution in [0.25, 0.3) is 0 Å². The van der Waals surface area contributed by atoms with Gasteiger partial charge in [0, 0.05) is 12.7 Å². The summed E-state index contributed by atoms with van der Waals surface area (Å²) in [6.07, 6.45) is 9.16. The lowest BCUT2D eigenvalue weighted by Crippen LogP contribution is -2.39. The van der Waals surface area contributed by atoms with Crippen molar-refractivity contribution in [1.29, 1.82) is 0 Å². The Hall–Kier alpha value is -1.29. The van der Waals surface area contributed by atoms with Gasteiger partial charge in [0.1, 0.15) is 0 Å².